The average molecular weight is 1250 g/mol. The monoisotopic (exact) mass is 1250 g/mol. The van der Waals surface area contributed by atoms with E-state index in [0.717, 1.165) is 145 Å². The highest BCUT2D eigenvalue weighted by Gasteiger charge is 2.46. The second-order valence-corrected chi connectivity index (χ2v) is 25.7. The second-order valence-electron chi connectivity index (χ2n) is 25.7. The minimum atomic E-state index is -0.843. The summed E-state index contributed by atoms with van der Waals surface area (Å²) in [4.78, 5) is 0. The molecular formula is C98H70. The van der Waals surface area contributed by atoms with E-state index in [1.165, 1.54) is 22.3 Å². The Morgan fingerprint density at radius 3 is 0.714 bits per heavy atom. The molecule has 0 bridgehead atoms. The van der Waals surface area contributed by atoms with Crippen LogP contribution in [0, 0.1) is 0 Å². The van der Waals surface area contributed by atoms with Crippen LogP contribution in [-0.2, 0) is 5.41 Å². The lowest BCUT2D eigenvalue weighted by Gasteiger charge is -2.35. The molecule has 0 aromatic heterocycles. The van der Waals surface area contributed by atoms with Crippen LogP contribution >= 0.6 is 0 Å². The Kier molecular flexibility index (Phi) is 16.5. The SMILES string of the molecule is C=C(C=C(C=C(C)C1(c2cc(-c3cc(-c4ccccc4)cc(-c4ccccc4)c3)cc(-c3cc(-c4ccccc4)cc(-c4ccccc4)c3)c2)c2ccccc2-c2ccccc21)c1cc(-c2ccccc2)cc(-c2ccccc2)c1)c1cc(-c2ccccc2)cc(-c2ccccc2)c1. The van der Waals surface area contributed by atoms with Crippen molar-refractivity contribution in [2.24, 2.45) is 0 Å². The highest BCUT2D eigenvalue weighted by Crippen LogP contribution is 2.58. The number of fused-ring (bicyclic) bond motifs is 3. The Morgan fingerprint density at radius 2 is 0.439 bits per heavy atom. The molecule has 0 atom stereocenters. The molecule has 0 saturated heterocycles. The summed E-state index contributed by atoms with van der Waals surface area (Å²) >= 11 is 0. The smallest absolute Gasteiger partial charge is 0.0674 e. The fourth-order valence-electron chi connectivity index (χ4n) is 14.8. The third kappa shape index (κ3) is 12.0. The third-order valence-electron chi connectivity index (χ3n) is 19.6. The van der Waals surface area contributed by atoms with Crippen molar-refractivity contribution in [1.29, 1.82) is 0 Å². The molecule has 98 heavy (non-hydrogen) atoms. The van der Waals surface area contributed by atoms with Crippen LogP contribution in [0.5, 0.6) is 0 Å². The highest BCUT2D eigenvalue weighted by atomic mass is 14.5. The zero-order valence-corrected chi connectivity index (χ0v) is 54.7. The Balaban J connectivity index is 0.998. The molecule has 0 nitrogen and oxygen atoms in total. The number of hydrogen-bond acceptors (Lipinski definition) is 0. The normalized spacial score (nSPS) is 12.4. The van der Waals surface area contributed by atoms with Crippen LogP contribution in [0.15, 0.2) is 406 Å². The lowest BCUT2D eigenvalue weighted by molar-refractivity contribution is 0.747. The van der Waals surface area contributed by atoms with Crippen molar-refractivity contribution in [1.82, 2.24) is 0 Å². The van der Waals surface area contributed by atoms with E-state index >= 15 is 0 Å². The van der Waals surface area contributed by atoms with E-state index < -0.39 is 5.41 Å². The third-order valence-corrected chi connectivity index (χ3v) is 19.6. The van der Waals surface area contributed by atoms with Gasteiger partial charge in [-0.15, -0.1) is 0 Å². The molecule has 0 heteroatoms. The maximum Gasteiger partial charge on any atom is 0.0674 e. The van der Waals surface area contributed by atoms with Crippen molar-refractivity contribution >= 4 is 11.1 Å². The van der Waals surface area contributed by atoms with Crippen LogP contribution in [0.3, 0.4) is 0 Å². The van der Waals surface area contributed by atoms with Crippen LogP contribution in [0.4, 0.5) is 0 Å². The molecule has 15 aromatic rings. The van der Waals surface area contributed by atoms with Gasteiger partial charge >= 0.3 is 0 Å². The van der Waals surface area contributed by atoms with Gasteiger partial charge in [0.25, 0.3) is 0 Å². The van der Waals surface area contributed by atoms with Crippen molar-refractivity contribution < 1.29 is 0 Å². The minimum Gasteiger partial charge on any atom is -0.0911 e. The molecule has 1 aliphatic carbocycles. The van der Waals surface area contributed by atoms with Crippen molar-refractivity contribution in [3.63, 3.8) is 0 Å². The summed E-state index contributed by atoms with van der Waals surface area (Å²) in [5.41, 5.74) is 33.3. The standard InChI is InChI=1S/C98H70/c1-68(78-53-80(70-31-11-3-12-32-70)55-81(54-78)71-33-13-4-14-34-71)51-79(88-59-82(72-35-15-5-16-36-72)56-83(60-88)73-37-17-6-18-38-73)52-69(2)98(96-49-29-27-47-94(96)95-48-28-30-50-97(95)98)93-66-91(89-61-84(74-39-19-7-20-40-74)57-85(62-89)75-41-21-8-22-42-75)65-92(67-93)90-63-86(76-43-23-9-24-44-76)58-87(64-90)77-45-25-10-26-46-77/h3-67H,1H2,2H3. The van der Waals surface area contributed by atoms with E-state index in [1.807, 2.05) is 0 Å². The van der Waals surface area contributed by atoms with E-state index in [2.05, 4.69) is 401 Å². The molecule has 0 heterocycles. The zero-order chi connectivity index (χ0) is 65.8. The molecule has 15 aromatic carbocycles. The molecule has 0 fully saturated rings. The van der Waals surface area contributed by atoms with Crippen LogP contribution in [0.1, 0.15) is 34.7 Å². The Hall–Kier alpha value is -12.5. The van der Waals surface area contributed by atoms with Gasteiger partial charge in [-0.3, -0.25) is 0 Å². The van der Waals surface area contributed by atoms with Crippen LogP contribution in [-0.4, -0.2) is 0 Å². The maximum atomic E-state index is 5.07. The molecule has 0 spiro atoms. The first-order valence-corrected chi connectivity index (χ1v) is 33.9. The largest absolute Gasteiger partial charge is 0.0911 e. The maximum absolute atomic E-state index is 5.07. The summed E-state index contributed by atoms with van der Waals surface area (Å²) in [6, 6.07) is 141. The number of benzene rings is 15. The fraction of sp³-hybridized carbons (Fsp3) is 0.0204. The molecular weight excluding hydrogens is 1180 g/mol. The van der Waals surface area contributed by atoms with Crippen molar-refractivity contribution in [2.45, 2.75) is 12.3 Å². The van der Waals surface area contributed by atoms with Gasteiger partial charge in [-0.25, -0.2) is 0 Å². The Morgan fingerprint density at radius 1 is 0.224 bits per heavy atom. The lowest BCUT2D eigenvalue weighted by Crippen LogP contribution is -2.29. The van der Waals surface area contributed by atoms with Gasteiger partial charge in [0.1, 0.15) is 0 Å². The minimum absolute atomic E-state index is 0.843. The summed E-state index contributed by atoms with van der Waals surface area (Å²) in [6.45, 7) is 7.46. The first kappa shape index (κ1) is 60.5. The molecule has 0 aliphatic heterocycles. The van der Waals surface area contributed by atoms with Gasteiger partial charge in [0.05, 0.1) is 5.41 Å². The summed E-state index contributed by atoms with van der Waals surface area (Å²) in [6.07, 6.45) is 4.85. The summed E-state index contributed by atoms with van der Waals surface area (Å²) < 4.78 is 0. The second kappa shape index (κ2) is 26.7. The highest BCUT2D eigenvalue weighted by molar-refractivity contribution is 5.95. The predicted molar refractivity (Wildman–Crippen MR) is 416 cm³/mol. The van der Waals surface area contributed by atoms with Crippen LogP contribution in [0.2, 0.25) is 0 Å². The topological polar surface area (TPSA) is 0 Å². The van der Waals surface area contributed by atoms with Crippen molar-refractivity contribution in [3.05, 3.63) is 434 Å². The summed E-state index contributed by atoms with van der Waals surface area (Å²) in [5.74, 6) is 0. The van der Waals surface area contributed by atoms with E-state index in [0.29, 0.717) is 0 Å². The quantitative estimate of drug-likeness (QED) is 0.0846. The predicted octanol–water partition coefficient (Wildman–Crippen LogP) is 26.4. The molecule has 0 radical (unpaired) electrons. The van der Waals surface area contributed by atoms with E-state index in [4.69, 9.17) is 6.58 Å². The molecule has 462 valence electrons. The van der Waals surface area contributed by atoms with Crippen molar-refractivity contribution in [2.75, 3.05) is 0 Å². The van der Waals surface area contributed by atoms with Gasteiger partial charge in [-0.1, -0.05) is 309 Å². The van der Waals surface area contributed by atoms with E-state index in [9.17, 15) is 0 Å². The van der Waals surface area contributed by atoms with Gasteiger partial charge < -0.3 is 0 Å². The number of rotatable bonds is 16. The average Bonchev–Trinajstić information content (AvgIpc) is 1.53. The molecule has 0 unspecified atom stereocenters. The van der Waals surface area contributed by atoms with Crippen LogP contribution < -0.4 is 0 Å². The van der Waals surface area contributed by atoms with Crippen molar-refractivity contribution in [3.8, 4) is 122 Å². The molecule has 0 amide bonds. The van der Waals surface area contributed by atoms with Gasteiger partial charge in [0.2, 0.25) is 0 Å². The fourth-order valence-corrected chi connectivity index (χ4v) is 14.8. The number of allylic oxidation sites excluding steroid dienone is 5. The van der Waals surface area contributed by atoms with Crippen LogP contribution in [0.25, 0.3) is 134 Å². The summed E-state index contributed by atoms with van der Waals surface area (Å²) in [7, 11) is 0. The molecule has 0 N–H and O–H groups in total. The first-order chi connectivity index (χ1) is 48.4. The lowest BCUT2D eigenvalue weighted by atomic mass is 9.66. The van der Waals surface area contributed by atoms with Gasteiger partial charge in [0.15, 0.2) is 0 Å². The van der Waals surface area contributed by atoms with E-state index in [1.54, 1.807) is 0 Å². The molecule has 16 rings (SSSR count). The first-order valence-electron chi connectivity index (χ1n) is 33.9. The Bertz CT molecular complexity index is 5030. The molecule has 1 aliphatic rings. The Labute approximate surface area is 576 Å². The van der Waals surface area contributed by atoms with Gasteiger partial charge in [-0.2, -0.15) is 0 Å². The van der Waals surface area contributed by atoms with Gasteiger partial charge in [-0.05, 0) is 265 Å². The molecule has 0 saturated carbocycles. The van der Waals surface area contributed by atoms with Gasteiger partial charge in [0, 0.05) is 0 Å². The zero-order valence-electron chi connectivity index (χ0n) is 54.7. The van der Waals surface area contributed by atoms with E-state index in [-0.39, 0.29) is 0 Å². The number of hydrogen-bond donors (Lipinski definition) is 0. The summed E-state index contributed by atoms with van der Waals surface area (Å²) in [5, 5.41) is 0.